The Bertz CT molecular complexity index is 180. The number of carbonyl (C=O) groups excluding carboxylic acids is 1. The van der Waals surface area contributed by atoms with E-state index in [-0.39, 0.29) is 5.91 Å². The second-order valence-corrected chi connectivity index (χ2v) is 3.39. The van der Waals surface area contributed by atoms with Gasteiger partial charge >= 0.3 is 0 Å². The molecule has 0 aromatic carbocycles. The molecule has 0 saturated heterocycles. The number of hydrogen-bond donors (Lipinski definition) is 0. The first-order chi connectivity index (χ1) is 5.75. The van der Waals surface area contributed by atoms with Crippen molar-refractivity contribution in [2.75, 3.05) is 7.05 Å². The maximum atomic E-state index is 11.4. The van der Waals surface area contributed by atoms with E-state index >= 15 is 0 Å². The summed E-state index contributed by atoms with van der Waals surface area (Å²) in [5.74, 6) is 0.143. The van der Waals surface area contributed by atoms with Crippen LogP contribution in [0.1, 0.15) is 32.6 Å². The Hall–Kier alpha value is -0.790. The smallest absolute Gasteiger partial charge is 0.246 e. The van der Waals surface area contributed by atoms with E-state index in [9.17, 15) is 4.79 Å². The molecule has 0 bridgehead atoms. The SMILES string of the molecule is CC=CC(=O)N(C)C1CCCC1. The molecule has 68 valence electrons. The zero-order valence-electron chi connectivity index (χ0n) is 7.92. The highest BCUT2D eigenvalue weighted by Gasteiger charge is 2.21. The average molecular weight is 167 g/mol. The van der Waals surface area contributed by atoms with Crippen molar-refractivity contribution < 1.29 is 4.79 Å². The summed E-state index contributed by atoms with van der Waals surface area (Å²) in [6.07, 6.45) is 8.35. The molecule has 0 atom stereocenters. The molecule has 0 heterocycles. The van der Waals surface area contributed by atoms with E-state index in [0.29, 0.717) is 6.04 Å². The second-order valence-electron chi connectivity index (χ2n) is 3.39. The number of allylic oxidation sites excluding steroid dienone is 1. The molecule has 0 N–H and O–H groups in total. The topological polar surface area (TPSA) is 20.3 Å². The zero-order chi connectivity index (χ0) is 8.97. The van der Waals surface area contributed by atoms with Gasteiger partial charge in [0.05, 0.1) is 0 Å². The van der Waals surface area contributed by atoms with Crippen molar-refractivity contribution >= 4 is 5.91 Å². The Kier molecular flexibility index (Phi) is 3.32. The summed E-state index contributed by atoms with van der Waals surface area (Å²) < 4.78 is 0. The first-order valence-corrected chi connectivity index (χ1v) is 4.65. The molecule has 1 fully saturated rings. The van der Waals surface area contributed by atoms with Crippen LogP contribution in [0.2, 0.25) is 0 Å². The average Bonchev–Trinajstić information content (AvgIpc) is 2.55. The van der Waals surface area contributed by atoms with Gasteiger partial charge in [0.25, 0.3) is 0 Å². The predicted molar refractivity (Wildman–Crippen MR) is 49.8 cm³/mol. The maximum Gasteiger partial charge on any atom is 0.246 e. The molecule has 0 aromatic rings. The number of hydrogen-bond acceptors (Lipinski definition) is 1. The van der Waals surface area contributed by atoms with E-state index in [1.165, 1.54) is 25.7 Å². The van der Waals surface area contributed by atoms with Crippen molar-refractivity contribution in [3.8, 4) is 0 Å². The van der Waals surface area contributed by atoms with Crippen LogP contribution in [0.3, 0.4) is 0 Å². The monoisotopic (exact) mass is 167 g/mol. The van der Waals surface area contributed by atoms with Gasteiger partial charge in [-0.2, -0.15) is 0 Å². The number of carbonyl (C=O) groups is 1. The van der Waals surface area contributed by atoms with Crippen molar-refractivity contribution in [3.05, 3.63) is 12.2 Å². The van der Waals surface area contributed by atoms with Gasteiger partial charge in [-0.25, -0.2) is 0 Å². The number of likely N-dealkylation sites (N-methyl/N-ethyl adjacent to an activating group) is 1. The minimum Gasteiger partial charge on any atom is -0.339 e. The minimum atomic E-state index is 0.143. The first kappa shape index (κ1) is 9.30. The molecule has 2 nitrogen and oxygen atoms in total. The fraction of sp³-hybridized carbons (Fsp3) is 0.700. The molecule has 1 aliphatic rings. The highest BCUT2D eigenvalue weighted by atomic mass is 16.2. The van der Waals surface area contributed by atoms with Crippen LogP contribution in [-0.4, -0.2) is 23.9 Å². The number of rotatable bonds is 2. The van der Waals surface area contributed by atoms with E-state index in [4.69, 9.17) is 0 Å². The molecular weight excluding hydrogens is 150 g/mol. The van der Waals surface area contributed by atoms with Gasteiger partial charge in [-0.3, -0.25) is 4.79 Å². The highest BCUT2D eigenvalue weighted by molar-refractivity contribution is 5.87. The third-order valence-electron chi connectivity index (χ3n) is 2.53. The number of nitrogens with zero attached hydrogens (tertiary/aromatic N) is 1. The Morgan fingerprint density at radius 3 is 2.50 bits per heavy atom. The summed E-state index contributed by atoms with van der Waals surface area (Å²) in [4.78, 5) is 13.2. The summed E-state index contributed by atoms with van der Waals surface area (Å²) in [5.41, 5.74) is 0. The Morgan fingerprint density at radius 2 is 2.00 bits per heavy atom. The summed E-state index contributed by atoms with van der Waals surface area (Å²) in [5, 5.41) is 0. The van der Waals surface area contributed by atoms with Gasteiger partial charge in [0.1, 0.15) is 0 Å². The van der Waals surface area contributed by atoms with Crippen LogP contribution in [-0.2, 0) is 4.79 Å². The van der Waals surface area contributed by atoms with Gasteiger partial charge in [-0.05, 0) is 25.8 Å². The van der Waals surface area contributed by atoms with Crippen molar-refractivity contribution in [1.29, 1.82) is 0 Å². The molecule has 0 radical (unpaired) electrons. The lowest BCUT2D eigenvalue weighted by Gasteiger charge is -2.22. The molecule has 1 amide bonds. The third-order valence-corrected chi connectivity index (χ3v) is 2.53. The largest absolute Gasteiger partial charge is 0.339 e. The lowest BCUT2D eigenvalue weighted by molar-refractivity contribution is -0.126. The van der Waals surface area contributed by atoms with Crippen LogP contribution in [0.4, 0.5) is 0 Å². The van der Waals surface area contributed by atoms with E-state index < -0.39 is 0 Å². The fourth-order valence-corrected chi connectivity index (χ4v) is 1.73. The van der Waals surface area contributed by atoms with Crippen molar-refractivity contribution in [2.45, 2.75) is 38.6 Å². The number of amides is 1. The molecule has 2 heteroatoms. The molecule has 0 aliphatic heterocycles. The Balaban J connectivity index is 2.45. The zero-order valence-corrected chi connectivity index (χ0v) is 7.92. The molecule has 0 unspecified atom stereocenters. The molecular formula is C10H17NO. The molecule has 1 rings (SSSR count). The first-order valence-electron chi connectivity index (χ1n) is 4.65. The second kappa shape index (κ2) is 4.29. The van der Waals surface area contributed by atoms with Gasteiger partial charge in [0.2, 0.25) is 5.91 Å². The quantitative estimate of drug-likeness (QED) is 0.576. The van der Waals surface area contributed by atoms with E-state index in [1.807, 2.05) is 18.9 Å². The fourth-order valence-electron chi connectivity index (χ4n) is 1.73. The van der Waals surface area contributed by atoms with Gasteiger partial charge in [-0.1, -0.05) is 18.9 Å². The van der Waals surface area contributed by atoms with Gasteiger partial charge in [-0.15, -0.1) is 0 Å². The molecule has 0 aromatic heterocycles. The van der Waals surface area contributed by atoms with Crippen molar-refractivity contribution in [2.24, 2.45) is 0 Å². The van der Waals surface area contributed by atoms with Crippen LogP contribution in [0.5, 0.6) is 0 Å². The van der Waals surface area contributed by atoms with Crippen LogP contribution >= 0.6 is 0 Å². The summed E-state index contributed by atoms with van der Waals surface area (Å²) >= 11 is 0. The summed E-state index contributed by atoms with van der Waals surface area (Å²) in [7, 11) is 1.90. The van der Waals surface area contributed by atoms with Crippen LogP contribution in [0, 0.1) is 0 Å². The lowest BCUT2D eigenvalue weighted by atomic mass is 10.2. The van der Waals surface area contributed by atoms with E-state index in [2.05, 4.69) is 0 Å². The van der Waals surface area contributed by atoms with Crippen molar-refractivity contribution in [3.63, 3.8) is 0 Å². The lowest BCUT2D eigenvalue weighted by Crippen LogP contribution is -2.33. The maximum absolute atomic E-state index is 11.4. The van der Waals surface area contributed by atoms with Crippen LogP contribution in [0.15, 0.2) is 12.2 Å². The van der Waals surface area contributed by atoms with E-state index in [1.54, 1.807) is 12.2 Å². The molecule has 0 spiro atoms. The molecule has 1 aliphatic carbocycles. The predicted octanol–water partition coefficient (Wildman–Crippen LogP) is 1.96. The van der Waals surface area contributed by atoms with Crippen LogP contribution in [0.25, 0.3) is 0 Å². The van der Waals surface area contributed by atoms with Crippen LogP contribution < -0.4 is 0 Å². The Morgan fingerprint density at radius 1 is 1.42 bits per heavy atom. The Labute approximate surface area is 74.2 Å². The van der Waals surface area contributed by atoms with Gasteiger partial charge < -0.3 is 4.90 Å². The normalized spacial score (nSPS) is 18.8. The van der Waals surface area contributed by atoms with E-state index in [0.717, 1.165) is 0 Å². The summed E-state index contributed by atoms with van der Waals surface area (Å²) in [6, 6.07) is 0.494. The van der Waals surface area contributed by atoms with Crippen molar-refractivity contribution in [1.82, 2.24) is 4.90 Å². The summed E-state index contributed by atoms with van der Waals surface area (Å²) in [6.45, 7) is 1.88. The molecule has 12 heavy (non-hydrogen) atoms. The minimum absolute atomic E-state index is 0.143. The van der Waals surface area contributed by atoms with Gasteiger partial charge in [0.15, 0.2) is 0 Å². The standard InChI is InChI=1S/C10H17NO/c1-3-6-10(12)11(2)9-7-4-5-8-9/h3,6,9H,4-5,7-8H2,1-2H3. The van der Waals surface area contributed by atoms with Gasteiger partial charge in [0, 0.05) is 13.1 Å². The molecule has 1 saturated carbocycles. The third kappa shape index (κ3) is 2.10. The highest BCUT2D eigenvalue weighted by Crippen LogP contribution is 2.22.